The number of ether oxygens (including phenoxy) is 1. The van der Waals surface area contributed by atoms with Crippen molar-refractivity contribution < 1.29 is 9.53 Å². The lowest BCUT2D eigenvalue weighted by Crippen LogP contribution is -2.36. The predicted octanol–water partition coefficient (Wildman–Crippen LogP) is 1.68. The summed E-state index contributed by atoms with van der Waals surface area (Å²) in [6.07, 6.45) is 2.97. The standard InChI is InChI=1S/C13H15ClN2O2/c14-11-9-10(2-4-13(15)17)1-3-12(11)16-5-7-18-8-6-16/h1-4,9H,5-8H2,(H2,15,17)/b4-2-. The molecule has 2 rings (SSSR count). The van der Waals surface area contributed by atoms with Crippen LogP contribution in [0, 0.1) is 0 Å². The maximum absolute atomic E-state index is 10.7. The van der Waals surface area contributed by atoms with E-state index in [2.05, 4.69) is 4.90 Å². The summed E-state index contributed by atoms with van der Waals surface area (Å²) in [5.41, 5.74) is 6.90. The second-order valence-electron chi connectivity index (χ2n) is 4.05. The highest BCUT2D eigenvalue weighted by Gasteiger charge is 2.13. The van der Waals surface area contributed by atoms with Crippen LogP contribution in [0.5, 0.6) is 0 Å². The van der Waals surface area contributed by atoms with Gasteiger partial charge in [0.1, 0.15) is 0 Å². The van der Waals surface area contributed by atoms with Crippen molar-refractivity contribution in [2.75, 3.05) is 31.2 Å². The van der Waals surface area contributed by atoms with Gasteiger partial charge in [0, 0.05) is 19.2 Å². The van der Waals surface area contributed by atoms with Crippen LogP contribution < -0.4 is 10.6 Å². The average Bonchev–Trinajstić information content (AvgIpc) is 2.37. The van der Waals surface area contributed by atoms with E-state index in [9.17, 15) is 4.79 Å². The molecule has 2 N–H and O–H groups in total. The van der Waals surface area contributed by atoms with Crippen molar-refractivity contribution in [3.05, 3.63) is 34.9 Å². The van der Waals surface area contributed by atoms with Crippen molar-refractivity contribution >= 4 is 29.3 Å². The Labute approximate surface area is 111 Å². The number of carbonyl (C=O) groups is 1. The number of benzene rings is 1. The molecule has 1 fully saturated rings. The Morgan fingerprint density at radius 2 is 2.11 bits per heavy atom. The third kappa shape index (κ3) is 3.24. The van der Waals surface area contributed by atoms with Crippen LogP contribution in [-0.4, -0.2) is 32.2 Å². The van der Waals surface area contributed by atoms with Crippen molar-refractivity contribution in [1.82, 2.24) is 0 Å². The van der Waals surface area contributed by atoms with Crippen molar-refractivity contribution in [3.63, 3.8) is 0 Å². The zero-order valence-electron chi connectivity index (χ0n) is 9.93. The normalized spacial score (nSPS) is 16.2. The molecule has 1 amide bonds. The van der Waals surface area contributed by atoms with Crippen LogP contribution in [0.3, 0.4) is 0 Å². The topological polar surface area (TPSA) is 55.6 Å². The molecule has 0 spiro atoms. The molecule has 1 aliphatic heterocycles. The van der Waals surface area contributed by atoms with Crippen LogP contribution in [0.25, 0.3) is 6.08 Å². The van der Waals surface area contributed by atoms with E-state index < -0.39 is 5.91 Å². The van der Waals surface area contributed by atoms with Gasteiger partial charge in [-0.3, -0.25) is 4.79 Å². The third-order valence-corrected chi connectivity index (χ3v) is 3.07. The SMILES string of the molecule is NC(=O)/C=C\c1ccc(N2CCOCC2)c(Cl)c1. The minimum Gasteiger partial charge on any atom is -0.378 e. The van der Waals surface area contributed by atoms with Gasteiger partial charge in [-0.05, 0) is 23.8 Å². The van der Waals surface area contributed by atoms with E-state index in [-0.39, 0.29) is 0 Å². The molecular weight excluding hydrogens is 252 g/mol. The van der Waals surface area contributed by atoms with Gasteiger partial charge in [0.25, 0.3) is 0 Å². The quantitative estimate of drug-likeness (QED) is 0.847. The van der Waals surface area contributed by atoms with Gasteiger partial charge in [0.15, 0.2) is 0 Å². The molecule has 0 radical (unpaired) electrons. The highest BCUT2D eigenvalue weighted by Crippen LogP contribution is 2.27. The Kier molecular flexibility index (Phi) is 4.23. The fourth-order valence-electron chi connectivity index (χ4n) is 1.87. The van der Waals surface area contributed by atoms with Crippen LogP contribution in [0.1, 0.15) is 5.56 Å². The molecule has 5 heteroatoms. The van der Waals surface area contributed by atoms with Crippen molar-refractivity contribution in [2.45, 2.75) is 0 Å². The smallest absolute Gasteiger partial charge is 0.241 e. The van der Waals surface area contributed by atoms with Gasteiger partial charge in [0.05, 0.1) is 23.9 Å². The van der Waals surface area contributed by atoms with E-state index in [1.807, 2.05) is 18.2 Å². The maximum atomic E-state index is 10.7. The lowest BCUT2D eigenvalue weighted by Gasteiger charge is -2.29. The van der Waals surface area contributed by atoms with Gasteiger partial charge in [-0.1, -0.05) is 17.7 Å². The second kappa shape index (κ2) is 5.89. The van der Waals surface area contributed by atoms with E-state index >= 15 is 0 Å². The number of nitrogens with two attached hydrogens (primary N) is 1. The van der Waals surface area contributed by atoms with E-state index in [1.165, 1.54) is 6.08 Å². The number of nitrogens with zero attached hydrogens (tertiary/aromatic N) is 1. The summed E-state index contributed by atoms with van der Waals surface area (Å²) >= 11 is 6.25. The van der Waals surface area contributed by atoms with Crippen molar-refractivity contribution in [2.24, 2.45) is 5.73 Å². The molecule has 96 valence electrons. The van der Waals surface area contributed by atoms with E-state index in [0.29, 0.717) is 5.02 Å². The molecule has 0 aromatic heterocycles. The van der Waals surface area contributed by atoms with Crippen LogP contribution in [0.2, 0.25) is 5.02 Å². The first-order valence-electron chi connectivity index (χ1n) is 5.76. The molecule has 4 nitrogen and oxygen atoms in total. The lowest BCUT2D eigenvalue weighted by molar-refractivity contribution is -0.113. The molecule has 0 atom stereocenters. The highest BCUT2D eigenvalue weighted by molar-refractivity contribution is 6.33. The van der Waals surface area contributed by atoms with Crippen LogP contribution in [0.15, 0.2) is 24.3 Å². The minimum atomic E-state index is -0.469. The van der Waals surface area contributed by atoms with E-state index in [1.54, 1.807) is 6.08 Å². The molecular formula is C13H15ClN2O2. The van der Waals surface area contributed by atoms with Crippen molar-refractivity contribution in [1.29, 1.82) is 0 Å². The number of hydrogen-bond acceptors (Lipinski definition) is 3. The number of morpholine rings is 1. The van der Waals surface area contributed by atoms with Gasteiger partial charge in [0.2, 0.25) is 5.91 Å². The number of rotatable bonds is 3. The Morgan fingerprint density at radius 3 is 2.72 bits per heavy atom. The fraction of sp³-hybridized carbons (Fsp3) is 0.308. The van der Waals surface area contributed by atoms with Gasteiger partial charge < -0.3 is 15.4 Å². The average molecular weight is 267 g/mol. The second-order valence-corrected chi connectivity index (χ2v) is 4.45. The summed E-state index contributed by atoms with van der Waals surface area (Å²) in [5.74, 6) is -0.469. The largest absolute Gasteiger partial charge is 0.378 e. The summed E-state index contributed by atoms with van der Waals surface area (Å²) < 4.78 is 5.30. The maximum Gasteiger partial charge on any atom is 0.241 e. The van der Waals surface area contributed by atoms with Crippen LogP contribution >= 0.6 is 11.6 Å². The number of halogens is 1. The molecule has 0 saturated carbocycles. The fourth-order valence-corrected chi connectivity index (χ4v) is 2.17. The van der Waals surface area contributed by atoms with E-state index in [0.717, 1.165) is 37.6 Å². The number of carbonyl (C=O) groups excluding carboxylic acids is 1. The summed E-state index contributed by atoms with van der Waals surface area (Å²) in [6, 6.07) is 5.69. The number of anilines is 1. The summed E-state index contributed by atoms with van der Waals surface area (Å²) in [6.45, 7) is 3.13. The Balaban J connectivity index is 2.16. The zero-order valence-corrected chi connectivity index (χ0v) is 10.7. The molecule has 18 heavy (non-hydrogen) atoms. The van der Waals surface area contributed by atoms with Crippen LogP contribution in [0.4, 0.5) is 5.69 Å². The van der Waals surface area contributed by atoms with Gasteiger partial charge in [-0.15, -0.1) is 0 Å². The van der Waals surface area contributed by atoms with Gasteiger partial charge in [-0.2, -0.15) is 0 Å². The van der Waals surface area contributed by atoms with Gasteiger partial charge >= 0.3 is 0 Å². The molecule has 0 unspecified atom stereocenters. The van der Waals surface area contributed by atoms with Crippen LogP contribution in [-0.2, 0) is 9.53 Å². The molecule has 1 heterocycles. The predicted molar refractivity (Wildman–Crippen MR) is 72.7 cm³/mol. The van der Waals surface area contributed by atoms with Gasteiger partial charge in [-0.25, -0.2) is 0 Å². The monoisotopic (exact) mass is 266 g/mol. The summed E-state index contributed by atoms with van der Waals surface area (Å²) in [4.78, 5) is 12.8. The Bertz CT molecular complexity index is 468. The number of hydrogen-bond donors (Lipinski definition) is 1. The first-order chi connectivity index (χ1) is 8.66. The van der Waals surface area contributed by atoms with Crippen molar-refractivity contribution in [3.8, 4) is 0 Å². The third-order valence-electron chi connectivity index (χ3n) is 2.76. The molecule has 0 aliphatic carbocycles. The molecule has 1 aromatic carbocycles. The molecule has 1 saturated heterocycles. The number of amides is 1. The first kappa shape index (κ1) is 12.9. The molecule has 0 bridgehead atoms. The zero-order chi connectivity index (χ0) is 13.0. The lowest BCUT2D eigenvalue weighted by atomic mass is 10.1. The summed E-state index contributed by atoms with van der Waals surface area (Å²) in [5, 5.41) is 0.670. The Hall–Kier alpha value is -1.52. The molecule has 1 aromatic rings. The molecule has 1 aliphatic rings. The minimum absolute atomic E-state index is 0.469. The number of primary amides is 1. The Morgan fingerprint density at radius 1 is 1.39 bits per heavy atom. The first-order valence-corrected chi connectivity index (χ1v) is 6.14. The highest BCUT2D eigenvalue weighted by atomic mass is 35.5. The summed E-state index contributed by atoms with van der Waals surface area (Å²) in [7, 11) is 0. The van der Waals surface area contributed by atoms with E-state index in [4.69, 9.17) is 22.1 Å².